The first-order valence-corrected chi connectivity index (χ1v) is 10.7. The van der Waals surface area contributed by atoms with Gasteiger partial charge in [-0.15, -0.1) is 0 Å². The van der Waals surface area contributed by atoms with Gasteiger partial charge in [-0.2, -0.15) is 0 Å². The Morgan fingerprint density at radius 2 is 1.81 bits per heavy atom. The molecule has 0 aliphatic carbocycles. The molecule has 0 N–H and O–H groups in total. The Morgan fingerprint density at radius 1 is 1.08 bits per heavy atom. The van der Waals surface area contributed by atoms with Crippen molar-refractivity contribution >= 4 is 7.60 Å². The second-order valence-electron chi connectivity index (χ2n) is 7.27. The Morgan fingerprint density at radius 3 is 2.46 bits per heavy atom. The van der Waals surface area contributed by atoms with Crippen LogP contribution < -0.4 is 4.74 Å². The topological polar surface area (TPSA) is 72.5 Å². The number of hydrogen-bond donors (Lipinski definition) is 0. The van der Waals surface area contributed by atoms with Gasteiger partial charge >= 0.3 is 7.60 Å². The largest absolute Gasteiger partial charge is 0.497 e. The summed E-state index contributed by atoms with van der Waals surface area (Å²) in [5.74, 6) is -0.0153. The van der Waals surface area contributed by atoms with E-state index in [-0.39, 0.29) is 0 Å². The van der Waals surface area contributed by atoms with E-state index >= 15 is 0 Å². The third-order valence-electron chi connectivity index (χ3n) is 4.82. The monoisotopic (exact) mass is 384 g/mol. The molecule has 26 heavy (non-hydrogen) atoms. The minimum atomic E-state index is -3.26. The number of hydrogen-bond acceptors (Lipinski definition) is 7. The molecule has 3 heterocycles. The Labute approximate surface area is 153 Å². The first-order valence-electron chi connectivity index (χ1n) is 8.95. The van der Waals surface area contributed by atoms with Crippen molar-refractivity contribution in [3.63, 3.8) is 0 Å². The van der Waals surface area contributed by atoms with Gasteiger partial charge < -0.3 is 18.9 Å². The van der Waals surface area contributed by atoms with Crippen LogP contribution in [0.2, 0.25) is 0 Å². The van der Waals surface area contributed by atoms with Crippen molar-refractivity contribution in [2.24, 2.45) is 0 Å². The molecule has 3 fully saturated rings. The summed E-state index contributed by atoms with van der Waals surface area (Å²) < 4.78 is 48.2. The Hall–Kier alpha value is -0.950. The number of benzene rings is 1. The fraction of sp³-hybridized carbons (Fsp3) is 0.667. The predicted molar refractivity (Wildman–Crippen MR) is 93.2 cm³/mol. The number of rotatable bonds is 4. The maximum Gasteiger partial charge on any atom is 0.331 e. The highest BCUT2D eigenvalue weighted by Crippen LogP contribution is 2.62. The van der Waals surface area contributed by atoms with E-state index in [2.05, 4.69) is 0 Å². The minimum absolute atomic E-state index is 0.352. The van der Waals surface area contributed by atoms with Crippen LogP contribution in [-0.4, -0.2) is 43.7 Å². The van der Waals surface area contributed by atoms with E-state index in [1.165, 1.54) is 0 Å². The molecule has 0 amide bonds. The van der Waals surface area contributed by atoms with Crippen LogP contribution in [0.4, 0.5) is 0 Å². The third-order valence-corrected chi connectivity index (χ3v) is 6.93. The highest BCUT2D eigenvalue weighted by Gasteiger charge is 2.62. The maximum atomic E-state index is 13.2. The molecular formula is C18H25O7P. The first kappa shape index (κ1) is 18.4. The van der Waals surface area contributed by atoms with Crippen molar-refractivity contribution in [1.29, 1.82) is 0 Å². The van der Waals surface area contributed by atoms with E-state index < -0.39 is 44.1 Å². The average Bonchev–Trinajstić information content (AvgIpc) is 3.06. The lowest BCUT2D eigenvalue weighted by Crippen LogP contribution is -2.43. The van der Waals surface area contributed by atoms with Gasteiger partial charge in [0.2, 0.25) is 0 Å². The summed E-state index contributed by atoms with van der Waals surface area (Å²) in [4.78, 5) is 0. The van der Waals surface area contributed by atoms with Crippen LogP contribution in [0.3, 0.4) is 0 Å². The van der Waals surface area contributed by atoms with Crippen molar-refractivity contribution in [2.75, 3.05) is 13.3 Å². The minimum Gasteiger partial charge on any atom is -0.497 e. The predicted octanol–water partition coefficient (Wildman–Crippen LogP) is 3.63. The molecule has 8 heteroatoms. The van der Waals surface area contributed by atoms with Crippen LogP contribution in [-0.2, 0) is 27.8 Å². The zero-order chi connectivity index (χ0) is 18.5. The maximum absolute atomic E-state index is 13.2. The summed E-state index contributed by atoms with van der Waals surface area (Å²) in [6, 6.07) is 7.48. The van der Waals surface area contributed by atoms with Crippen LogP contribution in [0.25, 0.3) is 0 Å². The molecule has 144 valence electrons. The average molecular weight is 384 g/mol. The van der Waals surface area contributed by atoms with Gasteiger partial charge in [0.05, 0.1) is 7.11 Å². The van der Waals surface area contributed by atoms with Gasteiger partial charge in [-0.25, -0.2) is 0 Å². The molecule has 0 spiro atoms. The molecule has 1 aromatic carbocycles. The molecule has 1 aromatic rings. The smallest absolute Gasteiger partial charge is 0.331 e. The Bertz CT molecular complexity index is 704. The fourth-order valence-electron chi connectivity index (χ4n) is 3.73. The highest BCUT2D eigenvalue weighted by atomic mass is 31.2. The number of ether oxygens (including phenoxy) is 4. The van der Waals surface area contributed by atoms with Crippen LogP contribution in [0.5, 0.6) is 5.75 Å². The molecule has 0 unspecified atom stereocenters. The molecule has 0 aromatic heterocycles. The molecule has 7 nitrogen and oxygen atoms in total. The summed E-state index contributed by atoms with van der Waals surface area (Å²) in [5, 5.41) is 0. The van der Waals surface area contributed by atoms with E-state index in [0.29, 0.717) is 12.6 Å². The lowest BCUT2D eigenvalue weighted by molar-refractivity contribution is -0.229. The van der Waals surface area contributed by atoms with Gasteiger partial charge in [0.25, 0.3) is 0 Å². The van der Waals surface area contributed by atoms with Gasteiger partial charge in [0, 0.05) is 6.16 Å². The van der Waals surface area contributed by atoms with E-state index in [1.54, 1.807) is 7.11 Å². The molecule has 4 rings (SSSR count). The van der Waals surface area contributed by atoms with E-state index in [1.807, 2.05) is 45.0 Å². The van der Waals surface area contributed by atoms with Gasteiger partial charge in [-0.3, -0.25) is 13.6 Å². The third kappa shape index (κ3) is 3.21. The lowest BCUT2D eigenvalue weighted by atomic mass is 9.99. The lowest BCUT2D eigenvalue weighted by Gasteiger charge is -2.39. The molecule has 3 saturated heterocycles. The zero-order valence-corrected chi connectivity index (χ0v) is 16.3. The van der Waals surface area contributed by atoms with Crippen molar-refractivity contribution in [1.82, 2.24) is 0 Å². The van der Waals surface area contributed by atoms with Crippen LogP contribution in [0.15, 0.2) is 24.3 Å². The SMILES string of the molecule is CCC[P@]1(=O)O[C@@H]2[C@H]3OC(C)(C)O[C@H]3O[C@@H]2[C@@H](c2ccc(OC)cc2)O1. The first-order chi connectivity index (χ1) is 12.3. The van der Waals surface area contributed by atoms with Gasteiger partial charge in [-0.05, 0) is 38.0 Å². The second-order valence-corrected chi connectivity index (χ2v) is 9.36. The Kier molecular flexibility index (Phi) is 4.66. The molecular weight excluding hydrogens is 359 g/mol. The summed E-state index contributed by atoms with van der Waals surface area (Å²) in [5.41, 5.74) is 0.861. The molecule has 0 saturated carbocycles. The van der Waals surface area contributed by atoms with Crippen molar-refractivity contribution < 1.29 is 32.6 Å². The summed E-state index contributed by atoms with van der Waals surface area (Å²) in [7, 11) is -1.65. The van der Waals surface area contributed by atoms with Crippen molar-refractivity contribution in [3.05, 3.63) is 29.8 Å². The molecule has 3 aliphatic rings. The molecule has 3 aliphatic heterocycles. The van der Waals surface area contributed by atoms with Crippen molar-refractivity contribution in [3.8, 4) is 5.75 Å². The molecule has 6 atom stereocenters. The second kappa shape index (κ2) is 6.59. The van der Waals surface area contributed by atoms with Crippen LogP contribution in [0.1, 0.15) is 38.9 Å². The zero-order valence-electron chi connectivity index (χ0n) is 15.4. The van der Waals surface area contributed by atoms with E-state index in [4.69, 9.17) is 28.0 Å². The van der Waals surface area contributed by atoms with Crippen LogP contribution in [0, 0.1) is 0 Å². The fourth-order valence-corrected chi connectivity index (χ4v) is 5.74. The normalized spacial score (nSPS) is 40.8. The van der Waals surface area contributed by atoms with Crippen LogP contribution >= 0.6 is 7.60 Å². The quantitative estimate of drug-likeness (QED) is 0.734. The number of methoxy groups -OCH3 is 1. The van der Waals surface area contributed by atoms with Crippen molar-refractivity contribution in [2.45, 2.75) is 63.7 Å². The molecule has 0 bridgehead atoms. The van der Waals surface area contributed by atoms with Gasteiger partial charge in [-0.1, -0.05) is 19.1 Å². The standard InChI is InChI=1S/C18H25O7P/c1-5-10-26(19)24-13(11-6-8-12(20-4)9-7-11)14-15(25-26)16-17(21-14)23-18(2,3)22-16/h6-9,13-17H,5,10H2,1-4H3/t13-,14-,15+,16-,17-,26-/m1/s1. The number of fused-ring (bicyclic) bond motifs is 3. The molecule has 0 radical (unpaired) electrons. The van der Waals surface area contributed by atoms with Gasteiger partial charge in [0.1, 0.15) is 30.2 Å². The summed E-state index contributed by atoms with van der Waals surface area (Å²) in [6.07, 6.45) is -1.40. The van der Waals surface area contributed by atoms with Gasteiger partial charge in [0.15, 0.2) is 12.1 Å². The summed E-state index contributed by atoms with van der Waals surface area (Å²) >= 11 is 0. The summed E-state index contributed by atoms with van der Waals surface area (Å²) in [6.45, 7) is 5.61. The van der Waals surface area contributed by atoms with E-state index in [0.717, 1.165) is 11.3 Å². The Balaban J connectivity index is 1.66. The highest BCUT2D eigenvalue weighted by molar-refractivity contribution is 7.53. The van der Waals surface area contributed by atoms with E-state index in [9.17, 15) is 4.57 Å².